The summed E-state index contributed by atoms with van der Waals surface area (Å²) < 4.78 is 0. The van der Waals surface area contributed by atoms with Crippen molar-refractivity contribution in [1.29, 1.82) is 0 Å². The molecule has 10 heavy (non-hydrogen) atoms. The van der Waals surface area contributed by atoms with Crippen molar-refractivity contribution < 1.29 is 124 Å². The molecule has 0 N–H and O–H groups in total. The van der Waals surface area contributed by atoms with Crippen LogP contribution >= 0.6 is 0 Å². The van der Waals surface area contributed by atoms with Gasteiger partial charge in [-0.05, 0) is 0 Å². The third kappa shape index (κ3) is 97.4. The fourth-order valence-corrected chi connectivity index (χ4v) is 0. The van der Waals surface area contributed by atoms with Gasteiger partial charge in [-0.1, -0.05) is 0 Å². The zero-order valence-electron chi connectivity index (χ0n) is 3.86. The summed E-state index contributed by atoms with van der Waals surface area (Å²) in [6, 6.07) is 0. The van der Waals surface area contributed by atoms with Crippen LogP contribution in [0, 0.1) is 0 Å². The number of hydrogen-bond acceptors (Lipinski definition) is 0. The number of rotatable bonds is 0. The van der Waals surface area contributed by atoms with E-state index >= 15 is 0 Å². The van der Waals surface area contributed by atoms with Crippen molar-refractivity contribution in [3.05, 3.63) is 0 Å². The summed E-state index contributed by atoms with van der Waals surface area (Å²) in [6.45, 7) is 0. The molecule has 0 saturated heterocycles. The Labute approximate surface area is 139 Å². The van der Waals surface area contributed by atoms with Crippen LogP contribution in [0.3, 0.4) is 0 Å². The molecule has 0 nitrogen and oxygen atoms in total. The SMILES string of the molecule is [Al+3].[Cl-].[Cl-].[Cl-].[Cl-].[Cl-].[Cl-].[Cl-].[Ni+2].[Pd+2]. The average Bonchev–Trinajstić information content (AvgIpc) is 0. The maximum absolute atomic E-state index is 0. The van der Waals surface area contributed by atoms with Gasteiger partial charge in [-0.15, -0.1) is 0 Å². The molecule has 0 radical (unpaired) electrons. The molecule has 0 rings (SSSR count). The first-order valence-corrected chi connectivity index (χ1v) is 0. The Kier molecular flexibility index (Phi) is 2030. The second-order valence-electron chi connectivity index (χ2n) is 0. The predicted molar refractivity (Wildman–Crippen MR) is 5.75 cm³/mol. The predicted octanol–water partition coefficient (Wildman–Crippen LogP) is -21.4. The Balaban J connectivity index is 0. The molecule has 0 aliphatic rings. The maximum Gasteiger partial charge on any atom is 3.00 e. The largest absolute Gasteiger partial charge is 3.00 e. The van der Waals surface area contributed by atoms with Crippen LogP contribution in [-0.2, 0) is 36.9 Å². The third-order valence-electron chi connectivity index (χ3n) is 0. The summed E-state index contributed by atoms with van der Waals surface area (Å²) in [4.78, 5) is 0. The Hall–Kier alpha value is 3.72. The average molecular weight is 440 g/mol. The molecular weight excluding hydrogens is 440 g/mol. The molecular formula is AlCl7NiPd. The fraction of sp³-hybridized carbons (Fsp3) is 0. The summed E-state index contributed by atoms with van der Waals surface area (Å²) in [6.07, 6.45) is 0. The molecule has 0 aromatic heterocycles. The van der Waals surface area contributed by atoms with Crippen molar-refractivity contribution in [3.8, 4) is 0 Å². The summed E-state index contributed by atoms with van der Waals surface area (Å²) >= 11 is 0. The van der Waals surface area contributed by atoms with E-state index in [1.807, 2.05) is 0 Å². The molecule has 0 unspecified atom stereocenters. The van der Waals surface area contributed by atoms with Crippen LogP contribution < -0.4 is 86.8 Å². The first kappa shape index (κ1) is 160. The normalized spacial score (nSPS) is 0. The van der Waals surface area contributed by atoms with Crippen LogP contribution in [0.5, 0.6) is 0 Å². The van der Waals surface area contributed by atoms with E-state index in [0.717, 1.165) is 0 Å². The van der Waals surface area contributed by atoms with Gasteiger partial charge in [-0.2, -0.15) is 0 Å². The zero-order valence-corrected chi connectivity index (χ0v) is 12.8. The third-order valence-corrected chi connectivity index (χ3v) is 0. The van der Waals surface area contributed by atoms with E-state index in [4.69, 9.17) is 0 Å². The van der Waals surface area contributed by atoms with Gasteiger partial charge in [0.2, 0.25) is 0 Å². The molecule has 0 aliphatic heterocycles. The van der Waals surface area contributed by atoms with Gasteiger partial charge in [-0.25, -0.2) is 0 Å². The molecule has 72 valence electrons. The van der Waals surface area contributed by atoms with Gasteiger partial charge < -0.3 is 86.8 Å². The van der Waals surface area contributed by atoms with Gasteiger partial charge in [0, 0.05) is 0 Å². The van der Waals surface area contributed by atoms with E-state index in [0.29, 0.717) is 0 Å². The Bertz CT molecular complexity index is 13.6. The Morgan fingerprint density at radius 3 is 0.400 bits per heavy atom. The van der Waals surface area contributed by atoms with Crippen molar-refractivity contribution in [2.75, 3.05) is 0 Å². The maximum atomic E-state index is 0. The molecule has 0 atom stereocenters. The molecule has 0 amide bonds. The quantitative estimate of drug-likeness (QED) is 0.329. The van der Waals surface area contributed by atoms with Gasteiger partial charge in [0.1, 0.15) is 0 Å². The Morgan fingerprint density at radius 2 is 0.400 bits per heavy atom. The second kappa shape index (κ2) is 126. The number of hydrogen-bond donors (Lipinski definition) is 0. The second-order valence-corrected chi connectivity index (χ2v) is 0. The van der Waals surface area contributed by atoms with Gasteiger partial charge in [0.25, 0.3) is 0 Å². The standard InChI is InChI=1S/Al.7ClH.Ni.Pd/h;7*1H;;/q+3;;;;;;;;2*+2/p-7. The van der Waals surface area contributed by atoms with Crippen molar-refractivity contribution >= 4 is 17.4 Å². The summed E-state index contributed by atoms with van der Waals surface area (Å²) in [7, 11) is 0. The monoisotopic (exact) mass is 436 g/mol. The molecule has 0 heterocycles. The summed E-state index contributed by atoms with van der Waals surface area (Å²) in [5, 5.41) is 0. The van der Waals surface area contributed by atoms with Gasteiger partial charge in [-0.3, -0.25) is 0 Å². The van der Waals surface area contributed by atoms with E-state index in [-0.39, 0.29) is 141 Å². The fourth-order valence-electron chi connectivity index (χ4n) is 0. The van der Waals surface area contributed by atoms with Gasteiger partial charge in [0.05, 0.1) is 0 Å². The smallest absolute Gasteiger partial charge is 1.00 e. The van der Waals surface area contributed by atoms with Crippen molar-refractivity contribution in [1.82, 2.24) is 0 Å². The summed E-state index contributed by atoms with van der Waals surface area (Å²) in [5.41, 5.74) is 0. The van der Waals surface area contributed by atoms with Crippen molar-refractivity contribution in [3.63, 3.8) is 0 Å². The van der Waals surface area contributed by atoms with Crippen molar-refractivity contribution in [2.24, 2.45) is 0 Å². The molecule has 0 aromatic carbocycles. The molecule has 0 aromatic rings. The minimum absolute atomic E-state index is 0. The van der Waals surface area contributed by atoms with E-state index in [1.165, 1.54) is 0 Å². The van der Waals surface area contributed by atoms with E-state index in [2.05, 4.69) is 0 Å². The Morgan fingerprint density at radius 1 is 0.400 bits per heavy atom. The molecule has 10 heteroatoms. The van der Waals surface area contributed by atoms with Gasteiger partial charge in [0.15, 0.2) is 0 Å². The van der Waals surface area contributed by atoms with Crippen LogP contribution in [0.25, 0.3) is 0 Å². The molecule has 0 bridgehead atoms. The molecule has 0 aliphatic carbocycles. The van der Waals surface area contributed by atoms with Crippen LogP contribution in [0.15, 0.2) is 0 Å². The molecule has 0 spiro atoms. The zero-order chi connectivity index (χ0) is 0. The van der Waals surface area contributed by atoms with Crippen LogP contribution in [0.1, 0.15) is 0 Å². The first-order valence-electron chi connectivity index (χ1n) is 0. The van der Waals surface area contributed by atoms with Gasteiger partial charge >= 0.3 is 54.3 Å². The number of halogens is 7. The van der Waals surface area contributed by atoms with E-state index < -0.39 is 0 Å². The summed E-state index contributed by atoms with van der Waals surface area (Å²) in [5.74, 6) is 0. The van der Waals surface area contributed by atoms with E-state index in [1.54, 1.807) is 0 Å². The first-order chi connectivity index (χ1) is 0. The van der Waals surface area contributed by atoms with Crippen LogP contribution in [0.4, 0.5) is 0 Å². The van der Waals surface area contributed by atoms with Crippen molar-refractivity contribution in [2.45, 2.75) is 0 Å². The van der Waals surface area contributed by atoms with Crippen LogP contribution in [0.2, 0.25) is 0 Å². The minimum atomic E-state index is 0. The van der Waals surface area contributed by atoms with Crippen LogP contribution in [-0.4, -0.2) is 17.4 Å². The topological polar surface area (TPSA) is 0 Å². The van der Waals surface area contributed by atoms with E-state index in [9.17, 15) is 0 Å². The molecule has 0 saturated carbocycles. The molecule has 0 fully saturated rings. The minimum Gasteiger partial charge on any atom is -1.00 e.